The van der Waals surface area contributed by atoms with Crippen molar-refractivity contribution in [1.82, 2.24) is 9.97 Å². The molecule has 0 aliphatic carbocycles. The fourth-order valence-corrected chi connectivity index (χ4v) is 4.67. The number of methoxy groups -OCH3 is 2. The highest BCUT2D eigenvalue weighted by atomic mass is 33.1. The number of carbonyl (C=O) groups excluding carboxylic acids is 2. The van der Waals surface area contributed by atoms with Crippen molar-refractivity contribution >= 4 is 44.9 Å². The molecule has 10 heteroatoms. The van der Waals surface area contributed by atoms with Crippen molar-refractivity contribution in [3.63, 3.8) is 0 Å². The third-order valence-electron chi connectivity index (χ3n) is 4.03. The lowest BCUT2D eigenvalue weighted by molar-refractivity contribution is -0.141. The van der Waals surface area contributed by atoms with Gasteiger partial charge in [-0.05, 0) is 38.1 Å². The van der Waals surface area contributed by atoms with Gasteiger partial charge in [0, 0.05) is 23.9 Å². The van der Waals surface area contributed by atoms with Gasteiger partial charge in [0.1, 0.15) is 12.1 Å². The molecule has 0 aliphatic heterocycles. The van der Waals surface area contributed by atoms with Gasteiger partial charge in [-0.1, -0.05) is 21.6 Å². The maximum absolute atomic E-state index is 12.2. The zero-order valence-electron chi connectivity index (χ0n) is 19.2. The van der Waals surface area contributed by atoms with Gasteiger partial charge in [0.15, 0.2) is 0 Å². The molecular formula is C20H26N4O4S2. The van der Waals surface area contributed by atoms with Crippen molar-refractivity contribution in [1.29, 1.82) is 0 Å². The van der Waals surface area contributed by atoms with Gasteiger partial charge in [0.2, 0.25) is 0 Å². The largest absolute Gasteiger partial charge is 0.467 e. The monoisotopic (exact) mass is 452 g/mol. The van der Waals surface area contributed by atoms with Crippen LogP contribution in [0.1, 0.15) is 14.1 Å². The van der Waals surface area contributed by atoms with Crippen molar-refractivity contribution in [3.8, 4) is 0 Å². The van der Waals surface area contributed by atoms with E-state index in [0.717, 1.165) is 0 Å². The van der Waals surface area contributed by atoms with Gasteiger partial charge >= 0.3 is 11.9 Å². The number of hydrogen-bond donors (Lipinski definition) is 2. The van der Waals surface area contributed by atoms with E-state index < -0.39 is 24.0 Å². The number of ether oxygens (including phenoxy) is 2. The summed E-state index contributed by atoms with van der Waals surface area (Å²) in [5, 5.41) is 6.09. The predicted octanol–water partition coefficient (Wildman–Crippen LogP) is 3.08. The zero-order chi connectivity index (χ0) is 23.7. The van der Waals surface area contributed by atoms with Gasteiger partial charge in [-0.15, -0.1) is 0 Å². The average molecular weight is 453 g/mol. The summed E-state index contributed by atoms with van der Waals surface area (Å²) < 4.78 is 25.8. The molecule has 2 rings (SSSR count). The fourth-order valence-electron chi connectivity index (χ4n) is 2.37. The summed E-state index contributed by atoms with van der Waals surface area (Å²) in [6.45, 7) is 3.51. The summed E-state index contributed by atoms with van der Waals surface area (Å²) in [5.41, 5.74) is 2.16. The molecule has 0 saturated carbocycles. The number of anilines is 2. The van der Waals surface area contributed by atoms with Crippen LogP contribution in [0.2, 0.25) is 0 Å². The average Bonchev–Trinajstić information content (AvgIpc) is 2.77. The quantitative estimate of drug-likeness (QED) is 0.300. The first-order valence-corrected chi connectivity index (χ1v) is 11.5. The van der Waals surface area contributed by atoms with Crippen LogP contribution in [-0.2, 0) is 19.1 Å². The van der Waals surface area contributed by atoms with E-state index in [0.29, 0.717) is 34.3 Å². The predicted molar refractivity (Wildman–Crippen MR) is 122 cm³/mol. The Bertz CT molecular complexity index is 836. The van der Waals surface area contributed by atoms with Gasteiger partial charge in [-0.3, -0.25) is 9.97 Å². The molecule has 0 saturated heterocycles. The van der Waals surface area contributed by atoms with Crippen LogP contribution in [-0.4, -0.2) is 59.7 Å². The maximum atomic E-state index is 12.2. The molecule has 2 heterocycles. The zero-order valence-corrected chi connectivity index (χ0v) is 18.9. The van der Waals surface area contributed by atoms with Crippen LogP contribution in [0.25, 0.3) is 0 Å². The molecule has 8 nitrogen and oxygen atoms in total. The Morgan fingerprint density at radius 2 is 1.33 bits per heavy atom. The Balaban J connectivity index is 2.01. The number of rotatable bonds is 11. The van der Waals surface area contributed by atoms with E-state index in [1.165, 1.54) is 48.2 Å². The number of pyridine rings is 2. The number of aromatic nitrogens is 2. The van der Waals surface area contributed by atoms with E-state index in [-0.39, 0.29) is 12.1 Å². The Hall–Kier alpha value is -2.46. The van der Waals surface area contributed by atoms with E-state index in [1.807, 2.05) is 0 Å². The molecule has 0 aromatic carbocycles. The van der Waals surface area contributed by atoms with Gasteiger partial charge in [0.05, 0.1) is 39.7 Å². The van der Waals surface area contributed by atoms with Crippen molar-refractivity contribution < 1.29 is 21.8 Å². The highest BCUT2D eigenvalue weighted by Crippen LogP contribution is 2.26. The standard InChI is InChI=1S/C20H26N4O4S2/c1-13-15(7-5-9-21-13)23-17(19(25)27-3)11-29-30-12-18(20(26)28-4)24-16-8-6-10-22-14(16)2/h5-10,17-18,23-24H,11-12H2,1-4H3/t17-,18?/m1/s1/i7D,8D. The van der Waals surface area contributed by atoms with Gasteiger partial charge in [0.25, 0.3) is 0 Å². The minimum atomic E-state index is -0.700. The second-order valence-corrected chi connectivity index (χ2v) is 8.66. The van der Waals surface area contributed by atoms with Crippen LogP contribution in [0.4, 0.5) is 11.4 Å². The lowest BCUT2D eigenvalue weighted by Crippen LogP contribution is -2.34. The smallest absolute Gasteiger partial charge is 0.329 e. The molecule has 0 radical (unpaired) electrons. The van der Waals surface area contributed by atoms with Crippen LogP contribution in [0.3, 0.4) is 0 Å². The molecule has 2 aromatic heterocycles. The summed E-state index contributed by atoms with van der Waals surface area (Å²) in [4.78, 5) is 32.8. The second kappa shape index (κ2) is 12.3. The van der Waals surface area contributed by atoms with Crippen molar-refractivity contribution in [3.05, 3.63) is 48.0 Å². The van der Waals surface area contributed by atoms with Crippen molar-refractivity contribution in [2.45, 2.75) is 25.9 Å². The first kappa shape index (κ1) is 20.8. The maximum Gasteiger partial charge on any atom is 0.329 e. The lowest BCUT2D eigenvalue weighted by Gasteiger charge is -2.20. The SMILES string of the molecule is [2H]c1ccnc(C)c1NC(CSSC[C@@H](Nc1c([2H])ccnc1C)C(=O)OC)C(=O)OC. The molecule has 1 unspecified atom stereocenters. The van der Waals surface area contributed by atoms with Gasteiger partial charge in [-0.25, -0.2) is 9.59 Å². The van der Waals surface area contributed by atoms with Crippen LogP contribution < -0.4 is 10.6 Å². The van der Waals surface area contributed by atoms with Gasteiger partial charge < -0.3 is 20.1 Å². The van der Waals surface area contributed by atoms with E-state index >= 15 is 0 Å². The third kappa shape index (κ3) is 7.10. The number of esters is 2. The molecular weight excluding hydrogens is 424 g/mol. The highest BCUT2D eigenvalue weighted by molar-refractivity contribution is 8.76. The highest BCUT2D eigenvalue weighted by Gasteiger charge is 2.23. The summed E-state index contributed by atoms with van der Waals surface area (Å²) in [6, 6.07) is 2.15. The summed E-state index contributed by atoms with van der Waals surface area (Å²) in [5.74, 6) is -0.273. The molecule has 2 aromatic rings. The summed E-state index contributed by atoms with van der Waals surface area (Å²) in [7, 11) is 5.35. The van der Waals surface area contributed by atoms with Gasteiger partial charge in [-0.2, -0.15) is 0 Å². The molecule has 2 N–H and O–H groups in total. The molecule has 30 heavy (non-hydrogen) atoms. The second-order valence-electron chi connectivity index (χ2n) is 6.11. The molecule has 0 spiro atoms. The van der Waals surface area contributed by atoms with Crippen molar-refractivity contribution in [2.24, 2.45) is 0 Å². The Morgan fingerprint density at radius 3 is 1.67 bits per heavy atom. The minimum absolute atomic E-state index is 0.233. The van der Waals surface area contributed by atoms with E-state index in [1.54, 1.807) is 26.0 Å². The lowest BCUT2D eigenvalue weighted by atomic mass is 10.2. The van der Waals surface area contributed by atoms with Crippen molar-refractivity contribution in [2.75, 3.05) is 36.4 Å². The number of carbonyl (C=O) groups is 2. The van der Waals surface area contributed by atoms with Crippen LogP contribution in [0.5, 0.6) is 0 Å². The Morgan fingerprint density at radius 1 is 0.933 bits per heavy atom. The number of nitrogens with zero attached hydrogens (tertiary/aromatic N) is 2. The fraction of sp³-hybridized carbons (Fsp3) is 0.400. The van der Waals surface area contributed by atoms with E-state index in [4.69, 9.17) is 12.2 Å². The Kier molecular flexibility index (Phi) is 8.52. The van der Waals surface area contributed by atoms with E-state index in [9.17, 15) is 9.59 Å². The molecule has 0 bridgehead atoms. The molecule has 0 fully saturated rings. The summed E-state index contributed by atoms with van der Waals surface area (Å²) >= 11 is 0. The van der Waals surface area contributed by atoms with E-state index in [2.05, 4.69) is 20.6 Å². The number of aryl methyl sites for hydroxylation is 2. The van der Waals surface area contributed by atoms with Crippen LogP contribution in [0, 0.1) is 13.8 Å². The number of nitrogens with one attached hydrogen (secondary N) is 2. The third-order valence-corrected chi connectivity index (χ3v) is 6.45. The molecule has 0 amide bonds. The molecule has 0 aliphatic rings. The topological polar surface area (TPSA) is 102 Å². The molecule has 2 atom stereocenters. The Labute approximate surface area is 187 Å². The molecule has 162 valence electrons. The number of hydrogen-bond acceptors (Lipinski definition) is 10. The first-order valence-electron chi connectivity index (χ1n) is 10.1. The minimum Gasteiger partial charge on any atom is -0.467 e. The first-order chi connectivity index (χ1) is 15.3. The van der Waals surface area contributed by atoms with Crippen LogP contribution >= 0.6 is 21.6 Å². The normalized spacial score (nSPS) is 13.5. The summed E-state index contributed by atoms with van der Waals surface area (Å²) in [6.07, 6.45) is 3.07. The van der Waals surface area contributed by atoms with Crippen LogP contribution in [0.15, 0.2) is 36.6 Å².